The Balaban J connectivity index is 1.84. The van der Waals surface area contributed by atoms with Crippen LogP contribution in [0.1, 0.15) is 5.56 Å². The van der Waals surface area contributed by atoms with Crippen molar-refractivity contribution in [1.29, 1.82) is 0 Å². The molecule has 0 unspecified atom stereocenters. The van der Waals surface area contributed by atoms with Gasteiger partial charge in [0.15, 0.2) is 11.5 Å². The lowest BCUT2D eigenvalue weighted by Gasteiger charge is -2.09. The molecule has 4 nitrogen and oxygen atoms in total. The zero-order valence-corrected chi connectivity index (χ0v) is 13.9. The van der Waals surface area contributed by atoms with Crippen LogP contribution in [0, 0.1) is 0 Å². The van der Waals surface area contributed by atoms with Gasteiger partial charge in [-0.1, -0.05) is 36.0 Å². The molecule has 0 radical (unpaired) electrons. The molecule has 23 heavy (non-hydrogen) atoms. The predicted octanol–water partition coefficient (Wildman–Crippen LogP) is 3.63. The number of carbonyl (C=O) groups is 1. The van der Waals surface area contributed by atoms with Gasteiger partial charge in [-0.25, -0.2) is 0 Å². The van der Waals surface area contributed by atoms with E-state index in [1.165, 1.54) is 17.8 Å². The average molecular weight is 329 g/mol. The Morgan fingerprint density at radius 1 is 1.09 bits per heavy atom. The van der Waals surface area contributed by atoms with E-state index < -0.39 is 0 Å². The SMILES string of the molecule is COc1ccc(CNC(=O)/C=C/Sc2ccccc2)cc1OC. The third-order valence-electron chi connectivity index (χ3n) is 3.08. The number of nitrogens with one attached hydrogen (secondary N) is 1. The molecular weight excluding hydrogens is 310 g/mol. The average Bonchev–Trinajstić information content (AvgIpc) is 2.60. The maximum Gasteiger partial charge on any atom is 0.244 e. The molecule has 0 fully saturated rings. The maximum atomic E-state index is 11.8. The van der Waals surface area contributed by atoms with Gasteiger partial charge < -0.3 is 14.8 Å². The number of benzene rings is 2. The minimum absolute atomic E-state index is 0.136. The number of amides is 1. The molecular formula is C18H19NO3S. The van der Waals surface area contributed by atoms with Gasteiger partial charge in [0, 0.05) is 17.5 Å². The standard InChI is InChI=1S/C18H19NO3S/c1-21-16-9-8-14(12-17(16)22-2)13-19-18(20)10-11-23-15-6-4-3-5-7-15/h3-12H,13H2,1-2H3,(H,19,20)/b11-10+. The smallest absolute Gasteiger partial charge is 0.244 e. The number of thioether (sulfide) groups is 1. The summed E-state index contributed by atoms with van der Waals surface area (Å²) in [6.07, 6.45) is 1.53. The lowest BCUT2D eigenvalue weighted by Crippen LogP contribution is -2.20. The molecule has 0 bridgehead atoms. The van der Waals surface area contributed by atoms with E-state index in [1.807, 2.05) is 48.5 Å². The van der Waals surface area contributed by atoms with Crippen molar-refractivity contribution in [2.75, 3.05) is 14.2 Å². The number of ether oxygens (including phenoxy) is 2. The van der Waals surface area contributed by atoms with Crippen LogP contribution in [0.5, 0.6) is 11.5 Å². The Morgan fingerprint density at radius 2 is 1.83 bits per heavy atom. The minimum atomic E-state index is -0.136. The summed E-state index contributed by atoms with van der Waals surface area (Å²) in [5.74, 6) is 1.18. The fourth-order valence-electron chi connectivity index (χ4n) is 1.91. The third-order valence-corrected chi connectivity index (χ3v) is 3.90. The van der Waals surface area contributed by atoms with Gasteiger partial charge in [-0.3, -0.25) is 4.79 Å². The fourth-order valence-corrected chi connectivity index (χ4v) is 2.58. The van der Waals surface area contributed by atoms with Crippen molar-refractivity contribution in [3.8, 4) is 11.5 Å². The van der Waals surface area contributed by atoms with Crippen LogP contribution >= 0.6 is 11.8 Å². The Hall–Kier alpha value is -2.40. The van der Waals surface area contributed by atoms with Gasteiger partial charge in [0.1, 0.15) is 0 Å². The lowest BCUT2D eigenvalue weighted by atomic mass is 10.2. The van der Waals surface area contributed by atoms with E-state index in [1.54, 1.807) is 19.6 Å². The van der Waals surface area contributed by atoms with Gasteiger partial charge in [0.25, 0.3) is 0 Å². The molecule has 2 aromatic carbocycles. The summed E-state index contributed by atoms with van der Waals surface area (Å²) in [5, 5.41) is 4.62. The van der Waals surface area contributed by atoms with Gasteiger partial charge in [0.05, 0.1) is 14.2 Å². The molecule has 0 aliphatic carbocycles. The van der Waals surface area contributed by atoms with Crippen LogP contribution in [-0.4, -0.2) is 20.1 Å². The van der Waals surface area contributed by atoms with E-state index in [0.29, 0.717) is 18.0 Å². The molecule has 1 N–H and O–H groups in total. The second-order valence-electron chi connectivity index (χ2n) is 4.64. The molecule has 0 aliphatic rings. The molecule has 0 spiro atoms. The summed E-state index contributed by atoms with van der Waals surface area (Å²) < 4.78 is 10.4. The molecule has 0 atom stereocenters. The molecule has 0 saturated heterocycles. The largest absolute Gasteiger partial charge is 0.493 e. The van der Waals surface area contributed by atoms with Crippen LogP contribution in [-0.2, 0) is 11.3 Å². The number of hydrogen-bond donors (Lipinski definition) is 1. The van der Waals surface area contributed by atoms with Gasteiger partial charge in [0.2, 0.25) is 5.91 Å². The number of rotatable bonds is 7. The van der Waals surface area contributed by atoms with Crippen LogP contribution in [0.4, 0.5) is 0 Å². The van der Waals surface area contributed by atoms with Crippen molar-refractivity contribution >= 4 is 17.7 Å². The summed E-state index contributed by atoms with van der Waals surface area (Å²) in [7, 11) is 3.18. The van der Waals surface area contributed by atoms with Gasteiger partial charge in [-0.15, -0.1) is 0 Å². The van der Waals surface area contributed by atoms with Crippen LogP contribution in [0.25, 0.3) is 0 Å². The van der Waals surface area contributed by atoms with Gasteiger partial charge in [-0.05, 0) is 35.2 Å². The summed E-state index contributed by atoms with van der Waals surface area (Å²) >= 11 is 1.50. The molecule has 2 aromatic rings. The van der Waals surface area contributed by atoms with Crippen molar-refractivity contribution in [1.82, 2.24) is 5.32 Å². The number of hydrogen-bond acceptors (Lipinski definition) is 4. The Labute approximate surface area is 140 Å². The van der Waals surface area contributed by atoms with E-state index in [9.17, 15) is 4.79 Å². The van der Waals surface area contributed by atoms with E-state index in [4.69, 9.17) is 9.47 Å². The summed E-state index contributed by atoms with van der Waals surface area (Å²) in [5.41, 5.74) is 0.945. The fraction of sp³-hybridized carbons (Fsp3) is 0.167. The normalized spacial score (nSPS) is 10.5. The minimum Gasteiger partial charge on any atom is -0.493 e. The van der Waals surface area contributed by atoms with Crippen molar-refractivity contribution in [3.63, 3.8) is 0 Å². The summed E-state index contributed by atoms with van der Waals surface area (Å²) in [6.45, 7) is 0.430. The molecule has 0 saturated carbocycles. The highest BCUT2D eigenvalue weighted by Crippen LogP contribution is 2.27. The summed E-state index contributed by atoms with van der Waals surface area (Å²) in [4.78, 5) is 12.9. The zero-order chi connectivity index (χ0) is 16.5. The third kappa shape index (κ3) is 5.38. The second-order valence-corrected chi connectivity index (χ2v) is 5.62. The van der Waals surface area contributed by atoms with Crippen LogP contribution in [0.15, 0.2) is 64.9 Å². The molecule has 0 aromatic heterocycles. The Kier molecular flexibility index (Phi) is 6.56. The van der Waals surface area contributed by atoms with Crippen LogP contribution in [0.2, 0.25) is 0 Å². The second kappa shape index (κ2) is 8.90. The van der Waals surface area contributed by atoms with Crippen molar-refractivity contribution in [2.45, 2.75) is 11.4 Å². The first-order valence-corrected chi connectivity index (χ1v) is 7.98. The number of carbonyl (C=O) groups excluding carboxylic acids is 1. The topological polar surface area (TPSA) is 47.6 Å². The summed E-state index contributed by atoms with van der Waals surface area (Å²) in [6, 6.07) is 15.4. The highest BCUT2D eigenvalue weighted by Gasteiger charge is 2.05. The lowest BCUT2D eigenvalue weighted by molar-refractivity contribution is -0.116. The Morgan fingerprint density at radius 3 is 2.52 bits per heavy atom. The Bertz CT molecular complexity index is 671. The molecule has 1 amide bonds. The van der Waals surface area contributed by atoms with E-state index in [0.717, 1.165) is 10.5 Å². The number of methoxy groups -OCH3 is 2. The highest BCUT2D eigenvalue weighted by molar-refractivity contribution is 8.02. The predicted molar refractivity (Wildman–Crippen MR) is 92.8 cm³/mol. The highest BCUT2D eigenvalue weighted by atomic mass is 32.2. The quantitative estimate of drug-likeness (QED) is 0.622. The van der Waals surface area contributed by atoms with E-state index in [2.05, 4.69) is 5.32 Å². The first-order valence-electron chi connectivity index (χ1n) is 7.10. The van der Waals surface area contributed by atoms with Crippen molar-refractivity contribution < 1.29 is 14.3 Å². The zero-order valence-electron chi connectivity index (χ0n) is 13.1. The van der Waals surface area contributed by atoms with Crippen molar-refractivity contribution in [3.05, 3.63) is 65.6 Å². The molecule has 0 heterocycles. The molecule has 2 rings (SSSR count). The molecule has 120 valence electrons. The molecule has 0 aliphatic heterocycles. The van der Waals surface area contributed by atoms with E-state index in [-0.39, 0.29) is 5.91 Å². The first kappa shape index (κ1) is 17.0. The van der Waals surface area contributed by atoms with Crippen LogP contribution < -0.4 is 14.8 Å². The van der Waals surface area contributed by atoms with Gasteiger partial charge >= 0.3 is 0 Å². The first-order chi connectivity index (χ1) is 11.2. The monoisotopic (exact) mass is 329 g/mol. The van der Waals surface area contributed by atoms with Gasteiger partial charge in [-0.2, -0.15) is 0 Å². The van der Waals surface area contributed by atoms with E-state index >= 15 is 0 Å². The molecule has 5 heteroatoms. The van der Waals surface area contributed by atoms with Crippen LogP contribution in [0.3, 0.4) is 0 Å². The maximum absolute atomic E-state index is 11.8. The van der Waals surface area contributed by atoms with Crippen molar-refractivity contribution in [2.24, 2.45) is 0 Å².